The Balaban J connectivity index is 3.26. The summed E-state index contributed by atoms with van der Waals surface area (Å²) in [6, 6.07) is 0. The Morgan fingerprint density at radius 2 is 1.04 bits per heavy atom. The summed E-state index contributed by atoms with van der Waals surface area (Å²) in [5, 5.41) is 2.69. The maximum absolute atomic E-state index is 11.6. The third-order valence-corrected chi connectivity index (χ3v) is 4.33. The average Bonchev–Trinajstić information content (AvgIpc) is 2.55. The van der Waals surface area contributed by atoms with Crippen LogP contribution >= 0.6 is 0 Å². The fraction of sp³-hybridized carbons (Fsp3) is 0.900. The average molecular weight is 326 g/mol. The highest BCUT2D eigenvalue weighted by atomic mass is 16.2. The van der Waals surface area contributed by atoms with E-state index in [2.05, 4.69) is 19.2 Å². The molecule has 0 rings (SSSR count). The van der Waals surface area contributed by atoms with Crippen LogP contribution in [-0.2, 0) is 9.59 Å². The van der Waals surface area contributed by atoms with Gasteiger partial charge in [0, 0.05) is 13.0 Å². The number of carbonyl (C=O) groups is 2. The van der Waals surface area contributed by atoms with E-state index in [-0.39, 0.29) is 11.7 Å². The van der Waals surface area contributed by atoms with Gasteiger partial charge in [0.05, 0.1) is 0 Å². The molecule has 3 heteroatoms. The zero-order valence-corrected chi connectivity index (χ0v) is 15.6. The molecule has 0 aromatic rings. The Labute approximate surface area is 144 Å². The van der Waals surface area contributed by atoms with Crippen molar-refractivity contribution in [3.8, 4) is 0 Å². The second-order valence-electron chi connectivity index (χ2n) is 6.67. The van der Waals surface area contributed by atoms with E-state index >= 15 is 0 Å². The lowest BCUT2D eigenvalue weighted by Gasteiger charge is -2.04. The lowest BCUT2D eigenvalue weighted by Crippen LogP contribution is -2.31. The van der Waals surface area contributed by atoms with Gasteiger partial charge < -0.3 is 5.32 Å². The summed E-state index contributed by atoms with van der Waals surface area (Å²) in [4.78, 5) is 23.1. The van der Waals surface area contributed by atoms with Gasteiger partial charge in [-0.2, -0.15) is 0 Å². The van der Waals surface area contributed by atoms with Crippen molar-refractivity contribution >= 4 is 11.7 Å². The molecule has 0 unspecified atom stereocenters. The standard InChI is InChI=1S/C20H39NO2/c1-3-5-7-8-9-10-11-12-13-14-15-16-17-19(22)20(23)21-18-6-4-2/h3-18H2,1-2H3,(H,21,23). The number of ketones is 1. The van der Waals surface area contributed by atoms with E-state index in [9.17, 15) is 9.59 Å². The molecule has 0 aliphatic heterocycles. The molecule has 1 amide bonds. The first-order chi connectivity index (χ1) is 11.2. The van der Waals surface area contributed by atoms with Crippen LogP contribution in [0, 0.1) is 0 Å². The monoisotopic (exact) mass is 325 g/mol. The predicted molar refractivity (Wildman–Crippen MR) is 98.6 cm³/mol. The molecule has 0 spiro atoms. The number of unbranched alkanes of at least 4 members (excludes halogenated alkanes) is 12. The van der Waals surface area contributed by atoms with Crippen molar-refractivity contribution in [3.05, 3.63) is 0 Å². The second-order valence-corrected chi connectivity index (χ2v) is 6.67. The van der Waals surface area contributed by atoms with Crippen LogP contribution in [-0.4, -0.2) is 18.2 Å². The van der Waals surface area contributed by atoms with Crippen LogP contribution in [0.25, 0.3) is 0 Å². The van der Waals surface area contributed by atoms with Gasteiger partial charge in [0.2, 0.25) is 5.78 Å². The molecule has 0 atom stereocenters. The molecule has 0 fully saturated rings. The van der Waals surface area contributed by atoms with Crippen molar-refractivity contribution in [2.45, 2.75) is 110 Å². The third kappa shape index (κ3) is 15.8. The normalized spacial score (nSPS) is 10.7. The van der Waals surface area contributed by atoms with Crippen LogP contribution in [0.4, 0.5) is 0 Å². The highest BCUT2D eigenvalue weighted by Gasteiger charge is 2.11. The molecule has 0 radical (unpaired) electrons. The van der Waals surface area contributed by atoms with Gasteiger partial charge >= 0.3 is 0 Å². The Kier molecular flexibility index (Phi) is 16.8. The maximum Gasteiger partial charge on any atom is 0.287 e. The largest absolute Gasteiger partial charge is 0.350 e. The van der Waals surface area contributed by atoms with Gasteiger partial charge in [-0.05, 0) is 12.8 Å². The zero-order valence-electron chi connectivity index (χ0n) is 15.6. The van der Waals surface area contributed by atoms with Crippen molar-refractivity contribution in [2.75, 3.05) is 6.54 Å². The van der Waals surface area contributed by atoms with E-state index in [1.807, 2.05) is 0 Å². The molecule has 0 heterocycles. The smallest absolute Gasteiger partial charge is 0.287 e. The summed E-state index contributed by atoms with van der Waals surface area (Å²) in [5.74, 6) is -0.630. The lowest BCUT2D eigenvalue weighted by atomic mass is 10.0. The molecule has 136 valence electrons. The number of hydrogen-bond acceptors (Lipinski definition) is 2. The fourth-order valence-corrected chi connectivity index (χ4v) is 2.72. The summed E-state index contributed by atoms with van der Waals surface area (Å²) in [5.41, 5.74) is 0. The Morgan fingerprint density at radius 3 is 1.52 bits per heavy atom. The minimum Gasteiger partial charge on any atom is -0.350 e. The molecular weight excluding hydrogens is 286 g/mol. The molecule has 0 aromatic carbocycles. The Hall–Kier alpha value is -0.860. The highest BCUT2D eigenvalue weighted by Crippen LogP contribution is 2.12. The molecule has 3 nitrogen and oxygen atoms in total. The molecule has 23 heavy (non-hydrogen) atoms. The summed E-state index contributed by atoms with van der Waals surface area (Å²) < 4.78 is 0. The van der Waals surface area contributed by atoms with Crippen molar-refractivity contribution in [3.63, 3.8) is 0 Å². The topological polar surface area (TPSA) is 46.2 Å². The molecule has 0 aliphatic carbocycles. The lowest BCUT2D eigenvalue weighted by molar-refractivity contribution is -0.138. The molecule has 0 saturated carbocycles. The van der Waals surface area contributed by atoms with E-state index in [1.54, 1.807) is 0 Å². The van der Waals surface area contributed by atoms with Gasteiger partial charge in [0.15, 0.2) is 0 Å². The van der Waals surface area contributed by atoms with Crippen molar-refractivity contribution in [1.82, 2.24) is 5.32 Å². The fourth-order valence-electron chi connectivity index (χ4n) is 2.72. The summed E-state index contributed by atoms with van der Waals surface area (Å²) in [6.07, 6.45) is 17.7. The van der Waals surface area contributed by atoms with E-state index in [0.29, 0.717) is 13.0 Å². The van der Waals surface area contributed by atoms with Gasteiger partial charge in [-0.1, -0.05) is 90.9 Å². The minimum atomic E-state index is -0.387. The molecule has 1 N–H and O–H groups in total. The predicted octanol–water partition coefficient (Wildman–Crippen LogP) is 5.56. The molecule has 0 aliphatic rings. The van der Waals surface area contributed by atoms with Crippen LogP contribution < -0.4 is 5.32 Å². The number of nitrogens with one attached hydrogen (secondary N) is 1. The van der Waals surface area contributed by atoms with Crippen LogP contribution in [0.15, 0.2) is 0 Å². The van der Waals surface area contributed by atoms with E-state index in [4.69, 9.17) is 0 Å². The molecule has 0 bridgehead atoms. The summed E-state index contributed by atoms with van der Waals surface area (Å²) >= 11 is 0. The van der Waals surface area contributed by atoms with Gasteiger partial charge in [-0.25, -0.2) is 0 Å². The van der Waals surface area contributed by atoms with Crippen molar-refractivity contribution in [2.24, 2.45) is 0 Å². The van der Waals surface area contributed by atoms with Crippen molar-refractivity contribution < 1.29 is 9.59 Å². The Morgan fingerprint density at radius 1 is 0.609 bits per heavy atom. The quantitative estimate of drug-likeness (QED) is 0.281. The van der Waals surface area contributed by atoms with Gasteiger partial charge in [-0.3, -0.25) is 9.59 Å². The van der Waals surface area contributed by atoms with Gasteiger partial charge in [0.25, 0.3) is 5.91 Å². The first-order valence-electron chi connectivity index (χ1n) is 10.0. The van der Waals surface area contributed by atoms with Crippen LogP contribution in [0.2, 0.25) is 0 Å². The maximum atomic E-state index is 11.6. The van der Waals surface area contributed by atoms with Crippen LogP contribution in [0.5, 0.6) is 0 Å². The van der Waals surface area contributed by atoms with Crippen LogP contribution in [0.1, 0.15) is 110 Å². The summed E-state index contributed by atoms with van der Waals surface area (Å²) in [6.45, 7) is 4.95. The second kappa shape index (κ2) is 17.5. The number of amides is 1. The SMILES string of the molecule is CCCCCCCCCCCCCCC(=O)C(=O)NCCCC. The summed E-state index contributed by atoms with van der Waals surface area (Å²) in [7, 11) is 0. The molecule has 0 saturated heterocycles. The van der Waals surface area contributed by atoms with E-state index < -0.39 is 0 Å². The number of hydrogen-bond donors (Lipinski definition) is 1. The minimum absolute atomic E-state index is 0.242. The zero-order chi connectivity index (χ0) is 17.2. The number of carbonyl (C=O) groups excluding carboxylic acids is 2. The highest BCUT2D eigenvalue weighted by molar-refractivity contribution is 6.36. The van der Waals surface area contributed by atoms with E-state index in [0.717, 1.165) is 25.7 Å². The van der Waals surface area contributed by atoms with Gasteiger partial charge in [-0.15, -0.1) is 0 Å². The molecule has 0 aromatic heterocycles. The van der Waals surface area contributed by atoms with Crippen molar-refractivity contribution in [1.29, 1.82) is 0 Å². The Bertz CT molecular complexity index is 289. The number of rotatable bonds is 17. The number of Topliss-reactive ketones (excluding diaryl/α,β-unsaturated/α-hetero) is 1. The first kappa shape index (κ1) is 22.1. The van der Waals surface area contributed by atoms with Gasteiger partial charge in [0.1, 0.15) is 0 Å². The van der Waals surface area contributed by atoms with E-state index in [1.165, 1.54) is 64.2 Å². The first-order valence-corrected chi connectivity index (χ1v) is 10.0. The third-order valence-electron chi connectivity index (χ3n) is 4.33. The van der Waals surface area contributed by atoms with Crippen LogP contribution in [0.3, 0.4) is 0 Å². The molecular formula is C20H39NO2.